The Morgan fingerprint density at radius 1 is 0.354 bits per heavy atom. The molecule has 0 unspecified atom stereocenters. The summed E-state index contributed by atoms with van der Waals surface area (Å²) >= 11 is 0. The lowest BCUT2D eigenvalue weighted by molar-refractivity contribution is -0.376. The zero-order valence-corrected chi connectivity index (χ0v) is 56.6. The minimum atomic E-state index is -1.96. The minimum Gasteiger partial charge on any atom is -0.459 e. The highest BCUT2D eigenvalue weighted by Crippen LogP contribution is 2.40. The van der Waals surface area contributed by atoms with Crippen molar-refractivity contribution in [1.29, 1.82) is 0 Å². The number of carbonyl (C=O) groups excluding carboxylic acids is 7. The summed E-state index contributed by atoms with van der Waals surface area (Å²) < 4.78 is 98.5. The third-order valence-corrected chi connectivity index (χ3v) is 18.0. The zero-order valence-electron chi connectivity index (χ0n) is 55.6. The second-order valence-electron chi connectivity index (χ2n) is 25.0. The summed E-state index contributed by atoms with van der Waals surface area (Å²) in [5.74, 6) is -6.19. The van der Waals surface area contributed by atoms with Crippen LogP contribution < -0.4 is 0 Å². The first kappa shape index (κ1) is 72.5. The van der Waals surface area contributed by atoms with Crippen LogP contribution in [0.15, 0.2) is 212 Å². The van der Waals surface area contributed by atoms with E-state index in [-0.39, 0.29) is 54.2 Å². The first-order valence-electron chi connectivity index (χ1n) is 32.6. The van der Waals surface area contributed by atoms with E-state index in [0.717, 1.165) is 18.1 Å². The molecule has 10 rings (SSSR count). The van der Waals surface area contributed by atoms with Crippen LogP contribution in [0.5, 0.6) is 0 Å². The normalized spacial score (nSPS) is 25.2. The molecule has 0 bridgehead atoms. The second-order valence-corrected chi connectivity index (χ2v) is 30.6. The molecule has 0 aliphatic carbocycles. The summed E-state index contributed by atoms with van der Waals surface area (Å²) in [5.41, 5.74) is 1.94. The molecule has 0 amide bonds. The summed E-state index contributed by atoms with van der Waals surface area (Å²) in [7, 11) is -1.90. The average Bonchev–Trinajstić information content (AvgIpc) is 0.768. The van der Waals surface area contributed by atoms with Crippen molar-refractivity contribution in [2.24, 2.45) is 0 Å². The predicted octanol–water partition coefficient (Wildman–Crippen LogP) is 10.7. The lowest BCUT2D eigenvalue weighted by atomic mass is 9.95. The topological polar surface area (TPSA) is 258 Å². The number of benzene rings is 7. The van der Waals surface area contributed by atoms with Gasteiger partial charge in [-0.15, -0.1) is 0 Å². The van der Waals surface area contributed by atoms with Gasteiger partial charge in [-0.3, -0.25) is 9.59 Å². The van der Waals surface area contributed by atoms with Gasteiger partial charge in [0.25, 0.3) is 0 Å². The minimum absolute atomic E-state index is 0.0154. The number of esters is 7. The van der Waals surface area contributed by atoms with Gasteiger partial charge in [0.2, 0.25) is 0 Å². The number of hydrogen-bond acceptors (Lipinski definition) is 22. The van der Waals surface area contributed by atoms with E-state index in [0.29, 0.717) is 6.04 Å². The maximum Gasteiger partial charge on any atom is 0.338 e. The van der Waals surface area contributed by atoms with Gasteiger partial charge in [-0.2, -0.15) is 0 Å². The van der Waals surface area contributed by atoms with E-state index in [4.69, 9.17) is 71.1 Å². The largest absolute Gasteiger partial charge is 0.459 e. The van der Waals surface area contributed by atoms with Crippen LogP contribution in [0.1, 0.15) is 83.7 Å². The molecule has 23 heteroatoms. The van der Waals surface area contributed by atoms with Crippen molar-refractivity contribution >= 4 is 49.9 Å². The van der Waals surface area contributed by atoms with Crippen molar-refractivity contribution in [3.63, 3.8) is 0 Å². The predicted molar refractivity (Wildman–Crippen MR) is 357 cm³/mol. The van der Waals surface area contributed by atoms with Crippen molar-refractivity contribution in [2.75, 3.05) is 19.8 Å². The molecule has 3 aliphatic rings. The first-order chi connectivity index (χ1) is 47.8. The van der Waals surface area contributed by atoms with Gasteiger partial charge >= 0.3 is 41.8 Å². The Hall–Kier alpha value is -9.27. The van der Waals surface area contributed by atoms with Crippen LogP contribution >= 0.6 is 0 Å². The maximum absolute atomic E-state index is 15.0. The van der Waals surface area contributed by atoms with Gasteiger partial charge in [-0.1, -0.05) is 171 Å². The molecule has 3 heterocycles. The third kappa shape index (κ3) is 20.2. The quantitative estimate of drug-likeness (QED) is 0.0251. The van der Waals surface area contributed by atoms with E-state index in [2.05, 4.69) is 19.6 Å². The maximum atomic E-state index is 15.0. The molecule has 0 saturated carbocycles. The Morgan fingerprint density at radius 2 is 0.707 bits per heavy atom. The van der Waals surface area contributed by atoms with Crippen LogP contribution in [0.3, 0.4) is 0 Å². The Labute approximate surface area is 574 Å². The SMILES string of the molecule is CC(=O)O[C@@H]1[C@H](OC(C)=O)[C@@H](O[C@@H]2[C@@H](OC(=O)c3ccccc3)[C@@H](OC(=O)c3ccccc3)[C@H](O[C@H]3[C@@H](OC(=O)c4ccccc4)[C@@H](COC(=O)c4ccccc4)O[C@@H](OCC[Si](C)(C)C)[C@@H]3OC(=O)c3ccccc3)O[C@H]2C)O[C@H](COCc2ccccc2)[C@H]1OCc1ccccc1. The highest BCUT2D eigenvalue weighted by Gasteiger charge is 2.60. The first-order valence-corrected chi connectivity index (χ1v) is 36.3. The molecule has 7 aromatic rings. The number of hydrogen-bond donors (Lipinski definition) is 0. The smallest absolute Gasteiger partial charge is 0.338 e. The van der Waals surface area contributed by atoms with Crippen molar-refractivity contribution in [3.8, 4) is 0 Å². The molecule has 0 aromatic heterocycles. The number of carbonyl (C=O) groups is 7. The van der Waals surface area contributed by atoms with E-state index >= 15 is 4.79 Å². The van der Waals surface area contributed by atoms with E-state index in [9.17, 15) is 28.8 Å². The van der Waals surface area contributed by atoms with Crippen molar-refractivity contribution in [2.45, 2.75) is 152 Å². The van der Waals surface area contributed by atoms with E-state index in [1.165, 1.54) is 62.4 Å². The van der Waals surface area contributed by atoms with Crippen LogP contribution in [-0.4, -0.2) is 162 Å². The van der Waals surface area contributed by atoms with Gasteiger partial charge in [-0.25, -0.2) is 24.0 Å². The van der Waals surface area contributed by atoms with Crippen molar-refractivity contribution < 1.29 is 105 Å². The van der Waals surface area contributed by atoms with E-state index in [1.54, 1.807) is 103 Å². The van der Waals surface area contributed by atoms with Gasteiger partial charge in [0, 0.05) is 28.5 Å². The second kappa shape index (κ2) is 35.0. The summed E-state index contributed by atoms with van der Waals surface area (Å²) in [6.45, 7) is 9.51. The average molecular weight is 1370 g/mol. The van der Waals surface area contributed by atoms with Gasteiger partial charge in [0.05, 0.1) is 53.7 Å². The van der Waals surface area contributed by atoms with E-state index < -0.39 is 149 Å². The zero-order chi connectivity index (χ0) is 69.8. The van der Waals surface area contributed by atoms with Gasteiger partial charge in [-0.05, 0) is 84.8 Å². The Morgan fingerprint density at radius 3 is 1.17 bits per heavy atom. The standard InChI is InChI=1S/C76H80O22Si/c1-48-60(97-76-67(90-50(3)78)64(89-49(2)77)61(86-45-52-30-16-8-17-31-52)58(92-76)46-84-44-51-28-14-7-15-29-51)63(94-71(81)55-36-22-11-23-37-55)68(96-73(83)57-40-26-13-27-41-57)75(88-48)98-65-62(93-70(80)54-34-20-10-21-35-54)59(47-87-69(79)53-32-18-9-19-33-53)91-74(85-42-43-99(4,5)6)66(65)95-72(82)56-38-24-12-25-39-56/h7-41,48,58-68,74-76H,42-47H2,1-6H3/t48-,58+,59+,60-,61+,62-,63+,64-,65-,66+,67-,68+,74+,75-,76+/m0/s1. The van der Waals surface area contributed by atoms with Crippen LogP contribution in [0.25, 0.3) is 0 Å². The van der Waals surface area contributed by atoms with Crippen LogP contribution in [0.4, 0.5) is 0 Å². The van der Waals surface area contributed by atoms with Gasteiger partial charge in [0.15, 0.2) is 55.5 Å². The molecule has 520 valence electrons. The van der Waals surface area contributed by atoms with Gasteiger partial charge in [0.1, 0.15) is 37.1 Å². The van der Waals surface area contributed by atoms with E-state index in [1.807, 2.05) is 60.7 Å². The monoisotopic (exact) mass is 1370 g/mol. The van der Waals surface area contributed by atoms with Crippen LogP contribution in [-0.2, 0) is 93.9 Å². The molecule has 0 N–H and O–H groups in total. The molecular weight excluding hydrogens is 1290 g/mol. The molecule has 22 nitrogen and oxygen atoms in total. The lowest BCUT2D eigenvalue weighted by Crippen LogP contribution is -2.68. The summed E-state index contributed by atoms with van der Waals surface area (Å²) in [4.78, 5) is 100. The molecular formula is C76H80O22Si. The Bertz CT molecular complexity index is 3740. The lowest BCUT2D eigenvalue weighted by Gasteiger charge is -2.50. The fourth-order valence-electron chi connectivity index (χ4n) is 11.4. The summed E-state index contributed by atoms with van der Waals surface area (Å²) in [6.07, 6.45) is -24.4. The molecule has 3 saturated heterocycles. The molecule has 15 atom stereocenters. The van der Waals surface area contributed by atoms with Crippen molar-refractivity contribution in [1.82, 2.24) is 0 Å². The Kier molecular flexibility index (Phi) is 25.6. The number of ether oxygens (including phenoxy) is 15. The van der Waals surface area contributed by atoms with Crippen LogP contribution in [0.2, 0.25) is 25.7 Å². The number of rotatable bonds is 28. The summed E-state index contributed by atoms with van der Waals surface area (Å²) in [5, 5.41) is 0. The van der Waals surface area contributed by atoms with Gasteiger partial charge < -0.3 is 71.1 Å². The molecule has 0 spiro atoms. The highest BCUT2D eigenvalue weighted by atomic mass is 28.3. The summed E-state index contributed by atoms with van der Waals surface area (Å²) in [6, 6.07) is 58.9. The molecule has 3 aliphatic heterocycles. The fourth-order valence-corrected chi connectivity index (χ4v) is 12.1. The highest BCUT2D eigenvalue weighted by molar-refractivity contribution is 6.76. The fraction of sp³-hybridized carbons (Fsp3) is 0.355. The molecule has 0 radical (unpaired) electrons. The third-order valence-electron chi connectivity index (χ3n) is 16.3. The van der Waals surface area contributed by atoms with Crippen molar-refractivity contribution in [3.05, 3.63) is 251 Å². The molecule has 99 heavy (non-hydrogen) atoms. The molecule has 7 aromatic carbocycles. The van der Waals surface area contributed by atoms with Crippen LogP contribution in [0, 0.1) is 0 Å². The molecule has 3 fully saturated rings. The Balaban J connectivity index is 1.11.